The maximum absolute atomic E-state index is 5.25. The predicted octanol–water partition coefficient (Wildman–Crippen LogP) is 1.85. The van der Waals surface area contributed by atoms with Gasteiger partial charge in [-0.05, 0) is 31.4 Å². The fraction of sp³-hybridized carbons (Fsp3) is 0.500. The minimum Gasteiger partial charge on any atom is -0.369 e. The monoisotopic (exact) mass is 206 g/mol. The number of nitrogens with two attached hydrogens (primary N) is 1. The summed E-state index contributed by atoms with van der Waals surface area (Å²) in [6.45, 7) is 4.15. The van der Waals surface area contributed by atoms with Crippen LogP contribution in [0.4, 0.5) is 5.69 Å². The predicted molar refractivity (Wildman–Crippen MR) is 61.7 cm³/mol. The van der Waals surface area contributed by atoms with Gasteiger partial charge in [-0.3, -0.25) is 4.84 Å². The summed E-state index contributed by atoms with van der Waals surface area (Å²) in [6, 6.07) is 8.45. The average Bonchev–Trinajstić information content (AvgIpc) is 2.30. The topological polar surface area (TPSA) is 38.5 Å². The zero-order valence-corrected chi connectivity index (χ0v) is 9.15. The highest BCUT2D eigenvalue weighted by atomic mass is 16.6. The molecule has 15 heavy (non-hydrogen) atoms. The quantitative estimate of drug-likeness (QED) is 0.750. The van der Waals surface area contributed by atoms with Crippen LogP contribution in [0.1, 0.15) is 18.4 Å². The Morgan fingerprint density at radius 3 is 2.93 bits per heavy atom. The summed E-state index contributed by atoms with van der Waals surface area (Å²) in [6.07, 6.45) is 2.40. The van der Waals surface area contributed by atoms with Crippen LogP contribution in [0.25, 0.3) is 0 Å². The number of hydrogen-bond donors (Lipinski definition) is 1. The molecule has 3 heteroatoms. The molecule has 1 unspecified atom stereocenters. The lowest BCUT2D eigenvalue weighted by Crippen LogP contribution is -2.41. The second-order valence-electron chi connectivity index (χ2n) is 4.13. The standard InChI is InChI=1S/C12H18N2O/c1-10-5-2-3-7-12(10)14-8-4-6-11(9-14)15-13/h2-3,5,7,11H,4,6,8-9,13H2,1H3. The molecule has 0 aliphatic carbocycles. The maximum Gasteiger partial charge on any atom is 0.0962 e. The van der Waals surface area contributed by atoms with E-state index in [2.05, 4.69) is 36.1 Å². The summed E-state index contributed by atoms with van der Waals surface area (Å²) < 4.78 is 0. The summed E-state index contributed by atoms with van der Waals surface area (Å²) in [5.74, 6) is 5.25. The summed E-state index contributed by atoms with van der Waals surface area (Å²) in [4.78, 5) is 7.30. The first-order chi connectivity index (χ1) is 7.31. The van der Waals surface area contributed by atoms with Crippen LogP contribution < -0.4 is 10.8 Å². The van der Waals surface area contributed by atoms with Gasteiger partial charge in [0.15, 0.2) is 0 Å². The molecule has 0 spiro atoms. The minimum atomic E-state index is 0.179. The first-order valence-corrected chi connectivity index (χ1v) is 5.47. The first-order valence-electron chi connectivity index (χ1n) is 5.47. The Balaban J connectivity index is 2.13. The van der Waals surface area contributed by atoms with Gasteiger partial charge in [0.2, 0.25) is 0 Å². The van der Waals surface area contributed by atoms with E-state index in [4.69, 9.17) is 10.7 Å². The Morgan fingerprint density at radius 1 is 1.40 bits per heavy atom. The number of nitrogens with zero attached hydrogens (tertiary/aromatic N) is 1. The molecular formula is C12H18N2O. The molecule has 2 N–H and O–H groups in total. The molecule has 1 heterocycles. The number of aryl methyl sites for hydroxylation is 1. The first kappa shape index (κ1) is 10.5. The normalized spacial score (nSPS) is 21.7. The third kappa shape index (κ3) is 2.30. The third-order valence-electron chi connectivity index (χ3n) is 3.03. The zero-order chi connectivity index (χ0) is 10.7. The molecule has 0 saturated carbocycles. The molecule has 2 rings (SSSR count). The Bertz CT molecular complexity index is 327. The summed E-state index contributed by atoms with van der Waals surface area (Å²) >= 11 is 0. The van der Waals surface area contributed by atoms with Crippen LogP contribution in [-0.4, -0.2) is 19.2 Å². The van der Waals surface area contributed by atoms with Crippen molar-refractivity contribution < 1.29 is 4.84 Å². The molecule has 82 valence electrons. The lowest BCUT2D eigenvalue weighted by molar-refractivity contribution is 0.0434. The van der Waals surface area contributed by atoms with E-state index in [-0.39, 0.29) is 6.10 Å². The highest BCUT2D eigenvalue weighted by Crippen LogP contribution is 2.23. The highest BCUT2D eigenvalue weighted by molar-refractivity contribution is 5.53. The van der Waals surface area contributed by atoms with Crippen LogP contribution in [-0.2, 0) is 4.84 Å². The van der Waals surface area contributed by atoms with Gasteiger partial charge in [-0.1, -0.05) is 18.2 Å². The molecule has 1 aromatic carbocycles. The lowest BCUT2D eigenvalue weighted by atomic mass is 10.1. The molecule has 0 amide bonds. The van der Waals surface area contributed by atoms with Gasteiger partial charge in [0, 0.05) is 18.8 Å². The smallest absolute Gasteiger partial charge is 0.0962 e. The molecule has 3 nitrogen and oxygen atoms in total. The van der Waals surface area contributed by atoms with E-state index < -0.39 is 0 Å². The molecule has 0 aromatic heterocycles. The molecule has 1 aliphatic rings. The van der Waals surface area contributed by atoms with E-state index in [1.54, 1.807) is 0 Å². The van der Waals surface area contributed by atoms with Gasteiger partial charge in [-0.25, -0.2) is 5.90 Å². The minimum absolute atomic E-state index is 0.179. The van der Waals surface area contributed by atoms with Crippen LogP contribution in [0.15, 0.2) is 24.3 Å². The largest absolute Gasteiger partial charge is 0.369 e. The number of hydrogen-bond acceptors (Lipinski definition) is 3. The Labute approximate surface area is 90.8 Å². The van der Waals surface area contributed by atoms with Crippen molar-refractivity contribution in [3.05, 3.63) is 29.8 Å². The fourth-order valence-electron chi connectivity index (χ4n) is 2.19. The molecule has 0 bridgehead atoms. The van der Waals surface area contributed by atoms with E-state index >= 15 is 0 Å². The van der Waals surface area contributed by atoms with Crippen molar-refractivity contribution in [3.8, 4) is 0 Å². The second-order valence-corrected chi connectivity index (χ2v) is 4.13. The lowest BCUT2D eigenvalue weighted by Gasteiger charge is -2.34. The third-order valence-corrected chi connectivity index (χ3v) is 3.03. The number of para-hydroxylation sites is 1. The highest BCUT2D eigenvalue weighted by Gasteiger charge is 2.20. The summed E-state index contributed by atoms with van der Waals surface area (Å²) in [5, 5.41) is 0. The zero-order valence-electron chi connectivity index (χ0n) is 9.15. The molecule has 1 atom stereocenters. The Hall–Kier alpha value is -1.06. The summed E-state index contributed by atoms with van der Waals surface area (Å²) in [5.41, 5.74) is 2.62. The molecule has 1 fully saturated rings. The van der Waals surface area contributed by atoms with Crippen molar-refractivity contribution in [1.29, 1.82) is 0 Å². The molecule has 1 aliphatic heterocycles. The Kier molecular flexibility index (Phi) is 3.23. The van der Waals surface area contributed by atoms with Crippen LogP contribution in [0.2, 0.25) is 0 Å². The van der Waals surface area contributed by atoms with Crippen LogP contribution in [0.3, 0.4) is 0 Å². The van der Waals surface area contributed by atoms with Gasteiger partial charge < -0.3 is 4.90 Å². The van der Waals surface area contributed by atoms with E-state index in [9.17, 15) is 0 Å². The van der Waals surface area contributed by atoms with Crippen molar-refractivity contribution in [2.75, 3.05) is 18.0 Å². The van der Waals surface area contributed by atoms with Crippen molar-refractivity contribution >= 4 is 5.69 Å². The van der Waals surface area contributed by atoms with Gasteiger partial charge in [-0.2, -0.15) is 0 Å². The SMILES string of the molecule is Cc1ccccc1N1CCCC(ON)C1. The second kappa shape index (κ2) is 4.64. The van der Waals surface area contributed by atoms with E-state index in [0.717, 1.165) is 25.9 Å². The number of piperidine rings is 1. The van der Waals surface area contributed by atoms with Gasteiger partial charge in [0.1, 0.15) is 0 Å². The van der Waals surface area contributed by atoms with E-state index in [1.165, 1.54) is 11.3 Å². The van der Waals surface area contributed by atoms with E-state index in [0.29, 0.717) is 0 Å². The molecule has 1 aromatic rings. The number of rotatable bonds is 2. The van der Waals surface area contributed by atoms with Crippen molar-refractivity contribution in [1.82, 2.24) is 0 Å². The van der Waals surface area contributed by atoms with Gasteiger partial charge in [0.25, 0.3) is 0 Å². The molecule has 1 saturated heterocycles. The van der Waals surface area contributed by atoms with Crippen LogP contribution in [0.5, 0.6) is 0 Å². The maximum atomic E-state index is 5.25. The van der Waals surface area contributed by atoms with Crippen molar-refractivity contribution in [2.24, 2.45) is 5.90 Å². The average molecular weight is 206 g/mol. The van der Waals surface area contributed by atoms with Crippen LogP contribution in [0, 0.1) is 6.92 Å². The van der Waals surface area contributed by atoms with Crippen LogP contribution >= 0.6 is 0 Å². The molecule has 0 radical (unpaired) electrons. The Morgan fingerprint density at radius 2 is 2.20 bits per heavy atom. The number of benzene rings is 1. The summed E-state index contributed by atoms with van der Waals surface area (Å²) in [7, 11) is 0. The van der Waals surface area contributed by atoms with Crippen molar-refractivity contribution in [3.63, 3.8) is 0 Å². The number of anilines is 1. The van der Waals surface area contributed by atoms with Gasteiger partial charge in [-0.15, -0.1) is 0 Å². The van der Waals surface area contributed by atoms with Gasteiger partial charge >= 0.3 is 0 Å². The fourth-order valence-corrected chi connectivity index (χ4v) is 2.19. The van der Waals surface area contributed by atoms with Crippen molar-refractivity contribution in [2.45, 2.75) is 25.9 Å². The molecular weight excluding hydrogens is 188 g/mol. The van der Waals surface area contributed by atoms with E-state index in [1.807, 2.05) is 0 Å². The van der Waals surface area contributed by atoms with Gasteiger partial charge in [0.05, 0.1) is 6.10 Å².